The highest BCUT2D eigenvalue weighted by Gasteiger charge is 2.38. The van der Waals surface area contributed by atoms with Crippen LogP contribution in [0.5, 0.6) is 11.5 Å². The minimum absolute atomic E-state index is 0.0673. The van der Waals surface area contributed by atoms with Gasteiger partial charge in [0, 0.05) is 78.1 Å². The standard InChI is InChI=1S/C40H33Cl2N4O8PS3/c41-19-23-21-45(29-17-31(25-7-1-3-9-27(25)36(23)29)53-40(49)44-15-16-56-58-35-11-5-6-14-43-35)38(47)33-12-13-34(57-33)39(48)46-22-24(20-42)37-28-10-4-2-8-26(28)32(18-30(37)46)54-55(50,51)52/h1-14,17-18,23-24H,15-16,19-22H2,(H,44,49)(H2,50,51,52)/t23-,24?/m1/s1. The SMILES string of the molecule is O=C(NCCSSc1ccccn1)Oc1cc2c(c3ccccc13)[C@H](CCl)CN2C(=O)c1ccc(C(=O)N2CC(CCl)c3c2cc(OP(=O)(O)O)c2ccccc32)s1. The molecule has 298 valence electrons. The van der Waals surface area contributed by atoms with E-state index in [9.17, 15) is 28.7 Å². The molecular formula is C40H33Cl2N4O8PS3. The van der Waals surface area contributed by atoms with Gasteiger partial charge in [0.2, 0.25) is 0 Å². The van der Waals surface area contributed by atoms with Crippen LogP contribution in [-0.4, -0.2) is 69.8 Å². The van der Waals surface area contributed by atoms with Gasteiger partial charge in [0.25, 0.3) is 11.8 Å². The lowest BCUT2D eigenvalue weighted by Crippen LogP contribution is -2.30. The van der Waals surface area contributed by atoms with E-state index in [2.05, 4.69) is 10.3 Å². The normalized spacial score (nSPS) is 16.1. The summed E-state index contributed by atoms with van der Waals surface area (Å²) >= 11 is 14.0. The average molecular weight is 896 g/mol. The van der Waals surface area contributed by atoms with E-state index in [-0.39, 0.29) is 59.0 Å². The van der Waals surface area contributed by atoms with Crippen LogP contribution in [0.4, 0.5) is 16.2 Å². The molecule has 12 nitrogen and oxygen atoms in total. The second-order valence-corrected chi connectivity index (χ2v) is 18.7. The summed E-state index contributed by atoms with van der Waals surface area (Å²) in [5.74, 6) is 0.0259. The van der Waals surface area contributed by atoms with Crippen LogP contribution in [0.15, 0.2) is 102 Å². The van der Waals surface area contributed by atoms with Crippen molar-refractivity contribution in [2.75, 3.05) is 46.9 Å². The molecule has 3 amide bonds. The number of amides is 3. The van der Waals surface area contributed by atoms with Crippen LogP contribution < -0.4 is 24.4 Å². The predicted octanol–water partition coefficient (Wildman–Crippen LogP) is 9.42. The second kappa shape index (κ2) is 17.1. The number of nitrogens with zero attached hydrogens (tertiary/aromatic N) is 3. The summed E-state index contributed by atoms with van der Waals surface area (Å²) in [5.41, 5.74) is 2.61. The van der Waals surface area contributed by atoms with Gasteiger partial charge in [-0.05, 0) is 57.0 Å². The van der Waals surface area contributed by atoms with E-state index >= 15 is 0 Å². The van der Waals surface area contributed by atoms with Gasteiger partial charge in [-0.25, -0.2) is 14.3 Å². The van der Waals surface area contributed by atoms with Crippen LogP contribution in [-0.2, 0) is 4.57 Å². The monoisotopic (exact) mass is 894 g/mol. The maximum absolute atomic E-state index is 14.4. The number of carbonyl (C=O) groups is 3. The van der Waals surface area contributed by atoms with Crippen molar-refractivity contribution in [1.29, 1.82) is 0 Å². The number of hydrogen-bond donors (Lipinski definition) is 3. The number of benzene rings is 4. The molecule has 1 unspecified atom stereocenters. The molecule has 4 heterocycles. The molecule has 2 aliphatic rings. The number of fused-ring (bicyclic) bond motifs is 6. The Kier molecular flexibility index (Phi) is 11.9. The third-order valence-electron chi connectivity index (χ3n) is 9.80. The molecule has 6 aromatic rings. The predicted molar refractivity (Wildman–Crippen MR) is 232 cm³/mol. The highest BCUT2D eigenvalue weighted by Crippen LogP contribution is 2.50. The van der Waals surface area contributed by atoms with Crippen molar-refractivity contribution in [1.82, 2.24) is 10.3 Å². The summed E-state index contributed by atoms with van der Waals surface area (Å²) in [6, 6.07) is 26.5. The van der Waals surface area contributed by atoms with Crippen molar-refractivity contribution in [3.8, 4) is 11.5 Å². The Morgan fingerprint density at radius 3 is 1.86 bits per heavy atom. The summed E-state index contributed by atoms with van der Waals surface area (Å²) in [4.78, 5) is 68.9. The van der Waals surface area contributed by atoms with Crippen LogP contribution in [0.1, 0.15) is 42.3 Å². The molecule has 0 aliphatic carbocycles. The molecule has 18 heteroatoms. The van der Waals surface area contributed by atoms with E-state index < -0.39 is 19.8 Å². The number of anilines is 2. The van der Waals surface area contributed by atoms with Gasteiger partial charge in [-0.15, -0.1) is 34.5 Å². The van der Waals surface area contributed by atoms with Crippen molar-refractivity contribution < 1.29 is 38.0 Å². The zero-order valence-electron chi connectivity index (χ0n) is 30.2. The van der Waals surface area contributed by atoms with Gasteiger partial charge in [-0.2, -0.15) is 0 Å². The zero-order valence-corrected chi connectivity index (χ0v) is 35.1. The first kappa shape index (κ1) is 40.5. The third kappa shape index (κ3) is 8.15. The van der Waals surface area contributed by atoms with Crippen LogP contribution >= 0.6 is 63.9 Å². The number of hydrogen-bond acceptors (Lipinski definition) is 10. The van der Waals surface area contributed by atoms with E-state index in [1.54, 1.807) is 64.4 Å². The number of rotatable bonds is 12. The minimum atomic E-state index is -4.94. The molecular weight excluding hydrogens is 863 g/mol. The lowest BCUT2D eigenvalue weighted by atomic mass is 9.95. The van der Waals surface area contributed by atoms with Gasteiger partial charge in [-0.3, -0.25) is 19.4 Å². The zero-order chi connectivity index (χ0) is 40.6. The number of pyridine rings is 1. The number of ether oxygens (including phenoxy) is 1. The molecule has 3 N–H and O–H groups in total. The Hall–Kier alpha value is -4.31. The van der Waals surface area contributed by atoms with E-state index in [1.807, 2.05) is 42.5 Å². The van der Waals surface area contributed by atoms with Crippen molar-refractivity contribution in [3.63, 3.8) is 0 Å². The largest absolute Gasteiger partial charge is 0.524 e. The molecule has 0 bridgehead atoms. The fourth-order valence-electron chi connectivity index (χ4n) is 7.41. The molecule has 0 saturated carbocycles. The second-order valence-electron chi connectivity index (χ2n) is 13.4. The smallest absolute Gasteiger partial charge is 0.410 e. The molecule has 2 atom stereocenters. The Labute approximate surface area is 354 Å². The van der Waals surface area contributed by atoms with Gasteiger partial charge in [-0.1, -0.05) is 65.4 Å². The highest BCUT2D eigenvalue weighted by atomic mass is 35.5. The Balaban J connectivity index is 1.04. The number of carbonyl (C=O) groups excluding carboxylic acids is 3. The summed E-state index contributed by atoms with van der Waals surface area (Å²) in [7, 11) is -1.87. The van der Waals surface area contributed by atoms with Gasteiger partial charge >= 0.3 is 13.9 Å². The summed E-state index contributed by atoms with van der Waals surface area (Å²) in [5, 5.41) is 6.33. The maximum Gasteiger partial charge on any atom is 0.524 e. The van der Waals surface area contributed by atoms with Gasteiger partial charge in [0.1, 0.15) is 16.5 Å². The van der Waals surface area contributed by atoms with E-state index in [0.29, 0.717) is 44.7 Å². The molecule has 0 fully saturated rings. The Morgan fingerprint density at radius 1 is 0.793 bits per heavy atom. The van der Waals surface area contributed by atoms with Crippen LogP contribution in [0.3, 0.4) is 0 Å². The molecule has 58 heavy (non-hydrogen) atoms. The highest BCUT2D eigenvalue weighted by molar-refractivity contribution is 8.76. The lowest BCUT2D eigenvalue weighted by molar-refractivity contribution is 0.0986. The number of thiophene rings is 1. The Morgan fingerprint density at radius 2 is 1.33 bits per heavy atom. The number of phosphoric ester groups is 1. The summed E-state index contributed by atoms with van der Waals surface area (Å²) in [6.45, 7) is 0.848. The molecule has 2 aliphatic heterocycles. The van der Waals surface area contributed by atoms with E-state index in [1.165, 1.54) is 21.8 Å². The van der Waals surface area contributed by atoms with Crippen LogP contribution in [0.25, 0.3) is 21.5 Å². The van der Waals surface area contributed by atoms with E-state index in [4.69, 9.17) is 32.5 Å². The third-order valence-corrected chi connectivity index (χ3v) is 14.3. The molecule has 0 saturated heterocycles. The molecule has 0 radical (unpaired) electrons. The van der Waals surface area contributed by atoms with Crippen molar-refractivity contribution in [3.05, 3.63) is 118 Å². The van der Waals surface area contributed by atoms with Gasteiger partial charge in [0.15, 0.2) is 0 Å². The number of aromatic nitrogens is 1. The molecule has 0 spiro atoms. The fourth-order valence-corrected chi connectivity index (χ4v) is 11.0. The first-order chi connectivity index (χ1) is 28.0. The van der Waals surface area contributed by atoms with Crippen molar-refractivity contribution in [2.45, 2.75) is 16.9 Å². The summed E-state index contributed by atoms with van der Waals surface area (Å²) in [6.07, 6.45) is 1.10. The topological polar surface area (TPSA) is 159 Å². The minimum Gasteiger partial charge on any atom is -0.410 e. The van der Waals surface area contributed by atoms with Crippen molar-refractivity contribution >= 4 is 115 Å². The number of phosphoric acid groups is 1. The molecule has 8 rings (SSSR count). The first-order valence-electron chi connectivity index (χ1n) is 17.9. The van der Waals surface area contributed by atoms with Crippen LogP contribution in [0.2, 0.25) is 0 Å². The Bertz CT molecular complexity index is 2610. The summed E-state index contributed by atoms with van der Waals surface area (Å²) < 4.78 is 22.9. The van der Waals surface area contributed by atoms with Crippen LogP contribution in [0, 0.1) is 0 Å². The average Bonchev–Trinajstić information content (AvgIpc) is 3.96. The maximum atomic E-state index is 14.4. The van der Waals surface area contributed by atoms with Gasteiger partial charge in [0.05, 0.1) is 21.1 Å². The first-order valence-corrected chi connectivity index (χ1v) is 23.7. The van der Waals surface area contributed by atoms with Gasteiger partial charge < -0.3 is 24.4 Å². The molecule has 4 aromatic carbocycles. The number of halogens is 2. The number of nitrogens with one attached hydrogen (secondary N) is 1. The quantitative estimate of drug-likeness (QED) is 0.0465. The van der Waals surface area contributed by atoms with Crippen molar-refractivity contribution in [2.24, 2.45) is 0 Å². The van der Waals surface area contributed by atoms with E-state index in [0.717, 1.165) is 32.9 Å². The fraction of sp³-hybridized carbons (Fsp3) is 0.200. The number of alkyl halides is 2. The lowest BCUT2D eigenvalue weighted by Gasteiger charge is -2.19. The molecule has 2 aromatic heterocycles.